The molecule has 2 aliphatic rings. The van der Waals surface area contributed by atoms with Crippen LogP contribution in [0.25, 0.3) is 11.0 Å². The number of nitrogens with two attached hydrogens (primary N) is 1. The Labute approximate surface area is 210 Å². The summed E-state index contributed by atoms with van der Waals surface area (Å²) < 4.78 is 51.3. The van der Waals surface area contributed by atoms with Crippen molar-refractivity contribution in [3.63, 3.8) is 0 Å². The zero-order valence-corrected chi connectivity index (χ0v) is 20.8. The predicted octanol–water partition coefficient (Wildman–Crippen LogP) is 2.93. The van der Waals surface area contributed by atoms with Gasteiger partial charge in [0.15, 0.2) is 11.5 Å². The first kappa shape index (κ1) is 25.1. The van der Waals surface area contributed by atoms with Crippen LogP contribution in [0.3, 0.4) is 0 Å². The molecule has 0 bridgehead atoms. The minimum Gasteiger partial charge on any atom is -0.383 e. The fraction of sp³-hybridized carbons (Fsp3) is 0.500. The topological polar surface area (TPSA) is 120 Å². The van der Waals surface area contributed by atoms with E-state index in [0.717, 1.165) is 0 Å². The molecule has 0 saturated heterocycles. The zero-order valence-electron chi connectivity index (χ0n) is 20.8. The summed E-state index contributed by atoms with van der Waals surface area (Å²) in [5, 5.41) is 6.71. The van der Waals surface area contributed by atoms with Crippen LogP contribution in [0.2, 0.25) is 0 Å². The van der Waals surface area contributed by atoms with Gasteiger partial charge in [0.2, 0.25) is 17.8 Å². The van der Waals surface area contributed by atoms with Gasteiger partial charge >= 0.3 is 0 Å². The Morgan fingerprint density at radius 3 is 2.59 bits per heavy atom. The number of alkyl halides is 2. The molecule has 1 aromatic carbocycles. The molecule has 198 valence electrons. The molecule has 0 radical (unpaired) electrons. The lowest BCUT2D eigenvalue weighted by Gasteiger charge is -2.49. The van der Waals surface area contributed by atoms with Gasteiger partial charge in [-0.3, -0.25) is 19.6 Å². The molecule has 3 N–H and O–H groups in total. The molecule has 1 spiro atoms. The van der Waals surface area contributed by atoms with Gasteiger partial charge in [0.05, 0.1) is 29.0 Å². The summed E-state index contributed by atoms with van der Waals surface area (Å²) in [4.78, 5) is 31.7. The van der Waals surface area contributed by atoms with Crippen molar-refractivity contribution in [1.29, 1.82) is 0 Å². The minimum absolute atomic E-state index is 0.0620. The van der Waals surface area contributed by atoms with Crippen LogP contribution < -0.4 is 16.0 Å². The Morgan fingerprint density at radius 2 is 1.97 bits per heavy atom. The Kier molecular flexibility index (Phi) is 5.93. The summed E-state index contributed by atoms with van der Waals surface area (Å²) in [6, 6.07) is 3.10. The van der Waals surface area contributed by atoms with Gasteiger partial charge in [0, 0.05) is 57.1 Å². The van der Waals surface area contributed by atoms with Crippen molar-refractivity contribution >= 4 is 34.5 Å². The monoisotopic (exact) mass is 519 g/mol. The number of hydrogen-bond acceptors (Lipinski definition) is 6. The average Bonchev–Trinajstić information content (AvgIpc) is 3.25. The lowest BCUT2D eigenvalue weighted by atomic mass is 9.65. The van der Waals surface area contributed by atoms with Gasteiger partial charge in [0.25, 0.3) is 5.91 Å². The van der Waals surface area contributed by atoms with E-state index < -0.39 is 29.0 Å². The summed E-state index contributed by atoms with van der Waals surface area (Å²) in [6.45, 7) is 4.60. The predicted molar refractivity (Wildman–Crippen MR) is 130 cm³/mol. The van der Waals surface area contributed by atoms with Gasteiger partial charge in [-0.05, 0) is 26.0 Å². The van der Waals surface area contributed by atoms with Gasteiger partial charge in [-0.25, -0.2) is 18.2 Å². The highest BCUT2D eigenvalue weighted by Crippen LogP contribution is 2.55. The number of aromatic nitrogens is 4. The van der Waals surface area contributed by atoms with E-state index in [4.69, 9.17) is 10.5 Å². The second-order valence-electron chi connectivity index (χ2n) is 9.89. The standard InChI is InChI=1S/C24H28F3N7O3/c1-4-34-19(17(25)13(2)31-34)21(36)30-22-29-15-7-14(20(28)35)8-16-18(15)33(22)12-23(9-24(26,27)10-23)11-32(16)5-6-37-3/h7-8H,4-6,9-12H2,1-3H3,(H2,28,35)(H,29,30,36). The fourth-order valence-electron chi connectivity index (χ4n) is 5.59. The van der Waals surface area contributed by atoms with Gasteiger partial charge in [-0.2, -0.15) is 5.10 Å². The van der Waals surface area contributed by atoms with E-state index >= 15 is 0 Å². The number of nitrogens with zero attached hydrogens (tertiary/aromatic N) is 5. The molecule has 2 amide bonds. The molecule has 5 rings (SSSR count). The molecule has 10 nitrogen and oxygen atoms in total. The molecule has 3 heterocycles. The van der Waals surface area contributed by atoms with Crippen molar-refractivity contribution < 1.29 is 27.5 Å². The van der Waals surface area contributed by atoms with E-state index in [1.807, 2.05) is 4.90 Å². The van der Waals surface area contributed by atoms with Crippen molar-refractivity contribution in [2.75, 3.05) is 37.0 Å². The van der Waals surface area contributed by atoms with E-state index in [-0.39, 0.29) is 55.4 Å². The summed E-state index contributed by atoms with van der Waals surface area (Å²) in [6.07, 6.45) is -0.687. The molecule has 13 heteroatoms. The highest BCUT2D eigenvalue weighted by molar-refractivity contribution is 6.05. The lowest BCUT2D eigenvalue weighted by molar-refractivity contribution is -0.162. The number of aryl methyl sites for hydroxylation is 2. The normalized spacial score (nSPS) is 17.6. The number of nitrogens with one attached hydrogen (secondary N) is 1. The maximum absolute atomic E-state index is 14.7. The number of carbonyl (C=O) groups excluding carboxylic acids is 2. The van der Waals surface area contributed by atoms with E-state index in [9.17, 15) is 22.8 Å². The fourth-order valence-corrected chi connectivity index (χ4v) is 5.59. The molecule has 2 aromatic heterocycles. The third-order valence-electron chi connectivity index (χ3n) is 7.09. The Bertz CT molecular complexity index is 1410. The largest absolute Gasteiger partial charge is 0.383 e. The highest BCUT2D eigenvalue weighted by atomic mass is 19.3. The zero-order chi connectivity index (χ0) is 26.7. The first-order valence-corrected chi connectivity index (χ1v) is 12.0. The van der Waals surface area contributed by atoms with Crippen molar-refractivity contribution in [2.24, 2.45) is 11.1 Å². The third kappa shape index (κ3) is 4.20. The summed E-state index contributed by atoms with van der Waals surface area (Å²) in [5.41, 5.74) is 6.26. The number of anilines is 2. The first-order valence-electron chi connectivity index (χ1n) is 12.0. The number of imidazole rings is 1. The van der Waals surface area contributed by atoms with Crippen LogP contribution in [0.15, 0.2) is 12.1 Å². The molecule has 1 fully saturated rings. The number of hydrogen-bond donors (Lipinski definition) is 2. The van der Waals surface area contributed by atoms with Crippen LogP contribution in [0, 0.1) is 18.2 Å². The van der Waals surface area contributed by atoms with Crippen LogP contribution >= 0.6 is 0 Å². The van der Waals surface area contributed by atoms with Crippen LogP contribution in [-0.4, -0.2) is 63.9 Å². The molecule has 0 unspecified atom stereocenters. The maximum Gasteiger partial charge on any atom is 0.279 e. The molecular weight excluding hydrogens is 491 g/mol. The van der Waals surface area contributed by atoms with E-state index in [1.54, 1.807) is 24.7 Å². The second-order valence-corrected chi connectivity index (χ2v) is 9.89. The maximum atomic E-state index is 14.7. The molecule has 1 aliphatic carbocycles. The van der Waals surface area contributed by atoms with Crippen molar-refractivity contribution in [1.82, 2.24) is 19.3 Å². The highest BCUT2D eigenvalue weighted by Gasteiger charge is 2.58. The lowest BCUT2D eigenvalue weighted by Crippen LogP contribution is -2.54. The van der Waals surface area contributed by atoms with Gasteiger partial charge in [0.1, 0.15) is 0 Å². The van der Waals surface area contributed by atoms with Crippen LogP contribution in [-0.2, 0) is 17.8 Å². The minimum atomic E-state index is -2.81. The number of carbonyl (C=O) groups is 2. The van der Waals surface area contributed by atoms with Crippen LogP contribution in [0.5, 0.6) is 0 Å². The second kappa shape index (κ2) is 8.75. The smallest absolute Gasteiger partial charge is 0.279 e. The number of benzene rings is 1. The average molecular weight is 520 g/mol. The first-order chi connectivity index (χ1) is 17.5. The SMILES string of the molecule is CCn1nc(C)c(F)c1C(=O)Nc1nc2cc(C(N)=O)cc3c2n1CC1(CN3CCOC)CC(F)(F)C1. The number of methoxy groups -OCH3 is 1. The molecule has 0 atom stereocenters. The molecule has 3 aromatic rings. The number of halogens is 3. The number of ether oxygens (including phenoxy) is 1. The van der Waals surface area contributed by atoms with Crippen molar-refractivity contribution in [3.05, 3.63) is 34.9 Å². The van der Waals surface area contributed by atoms with Gasteiger partial charge < -0.3 is 19.9 Å². The quantitative estimate of drug-likeness (QED) is 0.495. The van der Waals surface area contributed by atoms with E-state index in [1.165, 1.54) is 17.7 Å². The third-order valence-corrected chi connectivity index (χ3v) is 7.09. The summed E-state index contributed by atoms with van der Waals surface area (Å²) in [7, 11) is 1.54. The molecule has 1 saturated carbocycles. The number of rotatable bonds is 7. The van der Waals surface area contributed by atoms with Gasteiger partial charge in [-0.1, -0.05) is 0 Å². The molecule has 37 heavy (non-hydrogen) atoms. The van der Waals surface area contributed by atoms with Crippen LogP contribution in [0.4, 0.5) is 24.8 Å². The Balaban J connectivity index is 1.66. The molecule has 1 aliphatic heterocycles. The van der Waals surface area contributed by atoms with Crippen LogP contribution in [0.1, 0.15) is 46.3 Å². The van der Waals surface area contributed by atoms with Gasteiger partial charge in [-0.15, -0.1) is 0 Å². The summed E-state index contributed by atoms with van der Waals surface area (Å²) in [5.74, 6) is -4.94. The number of amides is 2. The van der Waals surface area contributed by atoms with E-state index in [2.05, 4.69) is 15.4 Å². The Morgan fingerprint density at radius 1 is 1.24 bits per heavy atom. The van der Waals surface area contributed by atoms with Crippen molar-refractivity contribution in [2.45, 2.75) is 45.7 Å². The van der Waals surface area contributed by atoms with E-state index in [0.29, 0.717) is 29.9 Å². The van der Waals surface area contributed by atoms with Crippen molar-refractivity contribution in [3.8, 4) is 0 Å². The Hall–Kier alpha value is -3.61. The number of primary amides is 1. The summed E-state index contributed by atoms with van der Waals surface area (Å²) >= 11 is 0. The molecular formula is C24H28F3N7O3.